The maximum absolute atomic E-state index is 4.55. The Labute approximate surface area is 296 Å². The molecule has 2 aliphatic rings. The summed E-state index contributed by atoms with van der Waals surface area (Å²) in [7, 11) is 0. The van der Waals surface area contributed by atoms with Crippen LogP contribution >= 0.6 is 0 Å². The number of nitrogens with zero attached hydrogens (tertiary/aromatic N) is 2. The molecule has 0 saturated heterocycles. The minimum Gasteiger partial charge on any atom is -0.309 e. The fourth-order valence-corrected chi connectivity index (χ4v) is 9.03. The number of aromatic nitrogens is 2. The summed E-state index contributed by atoms with van der Waals surface area (Å²) in [6, 6.07) is 62.8. The minimum atomic E-state index is 0.175. The Kier molecular flexibility index (Phi) is 6.11. The molecule has 0 radical (unpaired) electrons. The van der Waals surface area contributed by atoms with Crippen molar-refractivity contribution in [2.45, 2.75) is 11.8 Å². The van der Waals surface area contributed by atoms with E-state index in [-0.39, 0.29) is 11.8 Å². The van der Waals surface area contributed by atoms with Gasteiger partial charge in [0.15, 0.2) is 0 Å². The van der Waals surface area contributed by atoms with E-state index in [1.54, 1.807) is 0 Å². The molecule has 11 rings (SSSR count). The number of fused-ring (bicyclic) bond motifs is 9. The number of para-hydroxylation sites is 2. The first kappa shape index (κ1) is 28.3. The molecule has 0 fully saturated rings. The summed E-state index contributed by atoms with van der Waals surface area (Å²) in [6.45, 7) is 0. The van der Waals surface area contributed by atoms with Crippen LogP contribution in [-0.4, -0.2) is 9.55 Å². The molecule has 0 bridgehead atoms. The minimum absolute atomic E-state index is 0.175. The molecule has 0 aliphatic heterocycles. The molecule has 1 unspecified atom stereocenters. The third-order valence-corrected chi connectivity index (χ3v) is 11.3. The summed E-state index contributed by atoms with van der Waals surface area (Å²) in [6.07, 6.45) is 3.97. The quantitative estimate of drug-likeness (QED) is 0.186. The van der Waals surface area contributed by atoms with Crippen molar-refractivity contribution in [2.24, 2.45) is 0 Å². The highest BCUT2D eigenvalue weighted by Crippen LogP contribution is 2.51. The summed E-state index contributed by atoms with van der Waals surface area (Å²) in [5.41, 5.74) is 19.3. The highest BCUT2D eigenvalue weighted by atomic mass is 15.0. The fourth-order valence-electron chi connectivity index (χ4n) is 9.03. The highest BCUT2D eigenvalue weighted by molar-refractivity contribution is 6.09. The van der Waals surface area contributed by atoms with E-state index in [9.17, 15) is 0 Å². The zero-order valence-corrected chi connectivity index (χ0v) is 27.9. The van der Waals surface area contributed by atoms with E-state index in [0.29, 0.717) is 0 Å². The third-order valence-electron chi connectivity index (χ3n) is 11.3. The second-order valence-electron chi connectivity index (χ2n) is 13.9. The molecule has 0 N–H and O–H groups in total. The molecule has 2 heterocycles. The second kappa shape index (κ2) is 11.0. The zero-order chi connectivity index (χ0) is 33.5. The van der Waals surface area contributed by atoms with Gasteiger partial charge in [0.1, 0.15) is 0 Å². The van der Waals surface area contributed by atoms with Gasteiger partial charge in [-0.25, -0.2) is 0 Å². The molecular weight excluding hydrogens is 617 g/mol. The lowest BCUT2D eigenvalue weighted by atomic mass is 9.85. The van der Waals surface area contributed by atoms with Crippen LogP contribution in [-0.2, 0) is 0 Å². The molecule has 238 valence electrons. The predicted molar refractivity (Wildman–Crippen MR) is 210 cm³/mol. The van der Waals surface area contributed by atoms with Gasteiger partial charge in [0, 0.05) is 46.3 Å². The van der Waals surface area contributed by atoms with Crippen LogP contribution < -0.4 is 0 Å². The first-order valence-corrected chi connectivity index (χ1v) is 17.8. The van der Waals surface area contributed by atoms with Crippen molar-refractivity contribution in [1.29, 1.82) is 0 Å². The van der Waals surface area contributed by atoms with Gasteiger partial charge in [0.25, 0.3) is 0 Å². The largest absolute Gasteiger partial charge is 0.309 e. The Hall–Kier alpha value is -6.51. The average molecular weight is 649 g/mol. The predicted octanol–water partition coefficient (Wildman–Crippen LogP) is 12.2. The van der Waals surface area contributed by atoms with E-state index >= 15 is 0 Å². The van der Waals surface area contributed by atoms with Crippen LogP contribution in [0.25, 0.3) is 60.9 Å². The molecule has 7 aromatic carbocycles. The Morgan fingerprint density at radius 3 is 1.69 bits per heavy atom. The van der Waals surface area contributed by atoms with Crippen molar-refractivity contribution < 1.29 is 0 Å². The van der Waals surface area contributed by atoms with Crippen LogP contribution in [0.15, 0.2) is 182 Å². The topological polar surface area (TPSA) is 17.8 Å². The van der Waals surface area contributed by atoms with Crippen LogP contribution in [0.2, 0.25) is 0 Å². The summed E-state index contributed by atoms with van der Waals surface area (Å²) >= 11 is 0. The average Bonchev–Trinajstić information content (AvgIpc) is 3.84. The van der Waals surface area contributed by atoms with Gasteiger partial charge in [-0.2, -0.15) is 0 Å². The molecule has 2 nitrogen and oxygen atoms in total. The van der Waals surface area contributed by atoms with E-state index in [1.165, 1.54) is 94.3 Å². The highest BCUT2D eigenvalue weighted by Gasteiger charge is 2.33. The van der Waals surface area contributed by atoms with Crippen LogP contribution in [0.5, 0.6) is 0 Å². The summed E-state index contributed by atoms with van der Waals surface area (Å²) in [4.78, 5) is 4.55. The van der Waals surface area contributed by atoms with E-state index in [2.05, 4.69) is 179 Å². The molecule has 9 aromatic rings. The lowest BCUT2D eigenvalue weighted by Crippen LogP contribution is -2.03. The van der Waals surface area contributed by atoms with Gasteiger partial charge in [-0.05, 0) is 97.6 Å². The molecule has 2 atom stereocenters. The SMILES string of the molecule is c1ccc(-c2ccc3c(c2)-c2cnccc2C3c2ccc([C@@H]3c4ccccc4-c4cc(-n5c6ccccc6c6ccccc65)ccc43)cc2)cc1. The Bertz CT molecular complexity index is 2750. The zero-order valence-electron chi connectivity index (χ0n) is 27.9. The van der Waals surface area contributed by atoms with Crippen molar-refractivity contribution in [3.8, 4) is 39.1 Å². The van der Waals surface area contributed by atoms with Crippen molar-refractivity contribution in [3.05, 3.63) is 216 Å². The molecule has 2 aromatic heterocycles. The van der Waals surface area contributed by atoms with Gasteiger partial charge in [0.05, 0.1) is 11.0 Å². The number of hydrogen-bond donors (Lipinski definition) is 0. The van der Waals surface area contributed by atoms with Gasteiger partial charge in [-0.3, -0.25) is 4.98 Å². The van der Waals surface area contributed by atoms with Crippen LogP contribution in [0.1, 0.15) is 45.2 Å². The van der Waals surface area contributed by atoms with Gasteiger partial charge in [0.2, 0.25) is 0 Å². The van der Waals surface area contributed by atoms with E-state index in [1.807, 2.05) is 12.4 Å². The maximum Gasteiger partial charge on any atom is 0.0541 e. The summed E-state index contributed by atoms with van der Waals surface area (Å²) in [5, 5.41) is 2.57. The van der Waals surface area contributed by atoms with E-state index < -0.39 is 0 Å². The first-order chi connectivity index (χ1) is 25.3. The Balaban J connectivity index is 1.00. The van der Waals surface area contributed by atoms with Gasteiger partial charge in [-0.15, -0.1) is 0 Å². The van der Waals surface area contributed by atoms with Crippen molar-refractivity contribution in [1.82, 2.24) is 9.55 Å². The van der Waals surface area contributed by atoms with E-state index in [4.69, 9.17) is 0 Å². The fraction of sp³-hybridized carbons (Fsp3) is 0.0408. The first-order valence-electron chi connectivity index (χ1n) is 17.8. The Morgan fingerprint density at radius 1 is 0.392 bits per heavy atom. The van der Waals surface area contributed by atoms with Crippen molar-refractivity contribution in [3.63, 3.8) is 0 Å². The molecule has 2 heteroatoms. The van der Waals surface area contributed by atoms with E-state index in [0.717, 1.165) is 0 Å². The normalized spacial score (nSPS) is 15.5. The number of hydrogen-bond acceptors (Lipinski definition) is 1. The maximum atomic E-state index is 4.55. The molecule has 0 spiro atoms. The number of benzene rings is 7. The summed E-state index contributed by atoms with van der Waals surface area (Å²) < 4.78 is 2.42. The van der Waals surface area contributed by atoms with Gasteiger partial charge < -0.3 is 4.57 Å². The monoisotopic (exact) mass is 648 g/mol. The summed E-state index contributed by atoms with van der Waals surface area (Å²) in [5.74, 6) is 0.354. The lowest BCUT2D eigenvalue weighted by Gasteiger charge is -2.18. The molecule has 51 heavy (non-hydrogen) atoms. The second-order valence-corrected chi connectivity index (χ2v) is 13.9. The third kappa shape index (κ3) is 4.20. The van der Waals surface area contributed by atoms with Gasteiger partial charge >= 0.3 is 0 Å². The Morgan fingerprint density at radius 2 is 0.961 bits per heavy atom. The van der Waals surface area contributed by atoms with Crippen LogP contribution in [0.4, 0.5) is 0 Å². The van der Waals surface area contributed by atoms with Crippen molar-refractivity contribution >= 4 is 21.8 Å². The molecule has 0 saturated carbocycles. The molecule has 2 aliphatic carbocycles. The standard InChI is InChI=1S/C49H32N2/c1-2-10-31(11-3-1)34-22-24-40-43(28-34)45-30-50-27-26-42(45)49(40)33-20-18-32(19-21-33)48-39-15-5-4-12-36(39)44-29-35(23-25-41(44)48)51-46-16-8-6-13-37(46)38-14-7-9-17-47(38)51/h1-30,48-49H/t48-,49?/m1/s1. The van der Waals surface area contributed by atoms with Gasteiger partial charge in [-0.1, -0.05) is 133 Å². The molecular formula is C49H32N2. The smallest absolute Gasteiger partial charge is 0.0541 e. The number of rotatable bonds is 4. The van der Waals surface area contributed by atoms with Crippen LogP contribution in [0, 0.1) is 0 Å². The van der Waals surface area contributed by atoms with Crippen LogP contribution in [0.3, 0.4) is 0 Å². The number of pyridine rings is 1. The van der Waals surface area contributed by atoms with Crippen molar-refractivity contribution in [2.75, 3.05) is 0 Å². The molecule has 0 amide bonds. The lowest BCUT2D eigenvalue weighted by molar-refractivity contribution is 0.982.